The molecule has 0 radical (unpaired) electrons. The molecule has 4 rings (SSSR count). The molecular weight excluding hydrogens is 242 g/mol. The zero-order chi connectivity index (χ0) is 13.1. The summed E-state index contributed by atoms with van der Waals surface area (Å²) in [5, 5.41) is 1.40. The Morgan fingerprint density at radius 1 is 0.789 bits per heavy atom. The minimum Gasteiger partial charge on any atom is -0.354 e. The molecule has 0 bridgehead atoms. The standard InChI is InChI=1S/C15H7NO3/c17-9-5-6-10(18)13-12(9)14-11(15(13)19)7-3-1-2-4-8(7)16-14/h1-6,16H. The van der Waals surface area contributed by atoms with Crippen molar-refractivity contribution in [3.63, 3.8) is 0 Å². The Bertz CT molecular complexity index is 1160. The van der Waals surface area contributed by atoms with E-state index in [0.717, 1.165) is 17.0 Å². The number of nitrogens with one attached hydrogen (secondary N) is 1. The van der Waals surface area contributed by atoms with Gasteiger partial charge in [-0.25, -0.2) is 0 Å². The van der Waals surface area contributed by atoms with E-state index in [-0.39, 0.29) is 21.3 Å². The summed E-state index contributed by atoms with van der Waals surface area (Å²) in [5.41, 5.74) is 0.220. The quantitative estimate of drug-likeness (QED) is 0.505. The minimum absolute atomic E-state index is 0.000460. The van der Waals surface area contributed by atoms with E-state index in [2.05, 4.69) is 4.98 Å². The van der Waals surface area contributed by atoms with Gasteiger partial charge in [-0.3, -0.25) is 14.4 Å². The first-order valence-electron chi connectivity index (χ1n) is 5.85. The van der Waals surface area contributed by atoms with E-state index < -0.39 is 5.43 Å². The number of benzene rings is 1. The molecular formula is C15H7NO3. The molecule has 1 aromatic carbocycles. The number of H-pyrrole nitrogens is 1. The van der Waals surface area contributed by atoms with Crippen molar-refractivity contribution in [1.82, 2.24) is 4.98 Å². The number of hydrogen-bond acceptors (Lipinski definition) is 3. The summed E-state index contributed by atoms with van der Waals surface area (Å²) in [5.74, 6) is 0. The SMILES string of the molecule is O=c1ccc(=O)c2c3[nH]c4ccccc4c3c(=O)c1=2. The van der Waals surface area contributed by atoms with E-state index >= 15 is 0 Å². The average Bonchev–Trinajstić information content (AvgIpc) is 2.91. The van der Waals surface area contributed by atoms with Gasteiger partial charge in [0.25, 0.3) is 0 Å². The lowest BCUT2D eigenvalue weighted by Crippen LogP contribution is -2.15. The molecule has 4 nitrogen and oxygen atoms in total. The van der Waals surface area contributed by atoms with Crippen LogP contribution in [0.25, 0.3) is 21.8 Å². The smallest absolute Gasteiger partial charge is 0.200 e. The first-order chi connectivity index (χ1) is 9.18. The molecule has 2 aliphatic rings. The second-order valence-electron chi connectivity index (χ2n) is 4.56. The molecule has 0 spiro atoms. The monoisotopic (exact) mass is 249 g/mol. The predicted octanol–water partition coefficient (Wildman–Crippen LogP) is 1.00. The summed E-state index contributed by atoms with van der Waals surface area (Å²) >= 11 is 0. The maximum atomic E-state index is 12.4. The highest BCUT2D eigenvalue weighted by Crippen LogP contribution is 2.23. The van der Waals surface area contributed by atoms with Gasteiger partial charge in [0.15, 0.2) is 10.9 Å². The molecule has 0 saturated carbocycles. The molecule has 0 saturated heterocycles. The van der Waals surface area contributed by atoms with Crippen LogP contribution in [0.15, 0.2) is 50.8 Å². The molecule has 0 aliphatic heterocycles. The van der Waals surface area contributed by atoms with Crippen LogP contribution in [0.2, 0.25) is 0 Å². The largest absolute Gasteiger partial charge is 0.354 e. The fraction of sp³-hybridized carbons (Fsp3) is 0. The molecule has 19 heavy (non-hydrogen) atoms. The third kappa shape index (κ3) is 1.10. The van der Waals surface area contributed by atoms with E-state index in [1.165, 1.54) is 6.07 Å². The molecule has 0 fully saturated rings. The van der Waals surface area contributed by atoms with Gasteiger partial charge in [0, 0.05) is 10.9 Å². The molecule has 4 heteroatoms. The highest BCUT2D eigenvalue weighted by atomic mass is 16.1. The van der Waals surface area contributed by atoms with Crippen molar-refractivity contribution in [2.75, 3.05) is 0 Å². The third-order valence-electron chi connectivity index (χ3n) is 3.54. The van der Waals surface area contributed by atoms with E-state index in [4.69, 9.17) is 0 Å². The van der Waals surface area contributed by atoms with Crippen LogP contribution in [0.3, 0.4) is 0 Å². The number of aromatic amines is 1. The lowest BCUT2D eigenvalue weighted by atomic mass is 10.2. The van der Waals surface area contributed by atoms with Crippen molar-refractivity contribution in [2.45, 2.75) is 0 Å². The summed E-state index contributed by atoms with van der Waals surface area (Å²) < 4.78 is 0. The van der Waals surface area contributed by atoms with Gasteiger partial charge in [-0.15, -0.1) is 0 Å². The lowest BCUT2D eigenvalue weighted by Gasteiger charge is -1.86. The summed E-state index contributed by atoms with van der Waals surface area (Å²) in [4.78, 5) is 39.2. The third-order valence-corrected chi connectivity index (χ3v) is 3.54. The molecule has 0 atom stereocenters. The number of rotatable bonds is 0. The number of hydrogen-bond donors (Lipinski definition) is 1. The van der Waals surface area contributed by atoms with Crippen molar-refractivity contribution in [2.24, 2.45) is 0 Å². The summed E-state index contributed by atoms with van der Waals surface area (Å²) in [6.07, 6.45) is 0. The Morgan fingerprint density at radius 2 is 1.47 bits per heavy atom. The van der Waals surface area contributed by atoms with Crippen LogP contribution in [-0.2, 0) is 0 Å². The van der Waals surface area contributed by atoms with Crippen LogP contribution in [0.4, 0.5) is 0 Å². The van der Waals surface area contributed by atoms with E-state index in [1.807, 2.05) is 24.3 Å². The fourth-order valence-electron chi connectivity index (χ4n) is 2.73. The molecule has 1 aromatic heterocycles. The fourth-order valence-corrected chi connectivity index (χ4v) is 2.73. The van der Waals surface area contributed by atoms with E-state index in [9.17, 15) is 14.4 Å². The molecule has 0 amide bonds. The Labute approximate surface area is 105 Å². The van der Waals surface area contributed by atoms with Crippen LogP contribution in [0, 0.1) is 10.4 Å². The number of fused-ring (bicyclic) bond motifs is 4. The number of aromatic nitrogens is 1. The molecule has 2 aromatic rings. The van der Waals surface area contributed by atoms with Gasteiger partial charge < -0.3 is 4.98 Å². The van der Waals surface area contributed by atoms with Crippen molar-refractivity contribution in [1.29, 1.82) is 0 Å². The second kappa shape index (κ2) is 3.17. The Balaban J connectivity index is 2.58. The zero-order valence-corrected chi connectivity index (χ0v) is 9.69. The maximum Gasteiger partial charge on any atom is 0.200 e. The van der Waals surface area contributed by atoms with Crippen molar-refractivity contribution in [3.05, 3.63) is 77.5 Å². The highest BCUT2D eigenvalue weighted by Gasteiger charge is 2.16. The van der Waals surface area contributed by atoms with Gasteiger partial charge in [0.2, 0.25) is 5.43 Å². The summed E-state index contributed by atoms with van der Waals surface area (Å²) in [6, 6.07) is 9.70. The molecule has 2 aliphatic carbocycles. The van der Waals surface area contributed by atoms with Gasteiger partial charge in [0.1, 0.15) is 0 Å². The predicted molar refractivity (Wildman–Crippen MR) is 72.3 cm³/mol. The first-order valence-corrected chi connectivity index (χ1v) is 5.85. The number of para-hydroxylation sites is 1. The Hall–Kier alpha value is -2.75. The second-order valence-corrected chi connectivity index (χ2v) is 4.56. The molecule has 90 valence electrons. The van der Waals surface area contributed by atoms with Gasteiger partial charge in [-0.1, -0.05) is 18.2 Å². The van der Waals surface area contributed by atoms with Crippen LogP contribution < -0.4 is 16.3 Å². The van der Waals surface area contributed by atoms with Gasteiger partial charge in [-0.2, -0.15) is 0 Å². The van der Waals surface area contributed by atoms with Gasteiger partial charge >= 0.3 is 0 Å². The van der Waals surface area contributed by atoms with Crippen LogP contribution in [0.1, 0.15) is 0 Å². The summed E-state index contributed by atoms with van der Waals surface area (Å²) in [6.45, 7) is 0. The van der Waals surface area contributed by atoms with E-state index in [0.29, 0.717) is 10.9 Å². The van der Waals surface area contributed by atoms with Crippen molar-refractivity contribution >= 4 is 21.8 Å². The minimum atomic E-state index is -0.395. The molecule has 0 unspecified atom stereocenters. The van der Waals surface area contributed by atoms with E-state index in [1.54, 1.807) is 0 Å². The van der Waals surface area contributed by atoms with Crippen LogP contribution in [-0.4, -0.2) is 4.98 Å². The Morgan fingerprint density at radius 3 is 2.26 bits per heavy atom. The van der Waals surface area contributed by atoms with Gasteiger partial charge in [0.05, 0.1) is 21.3 Å². The zero-order valence-electron chi connectivity index (χ0n) is 9.69. The average molecular weight is 249 g/mol. The van der Waals surface area contributed by atoms with Crippen molar-refractivity contribution < 1.29 is 0 Å². The van der Waals surface area contributed by atoms with Crippen LogP contribution >= 0.6 is 0 Å². The first kappa shape index (κ1) is 10.2. The van der Waals surface area contributed by atoms with Crippen molar-refractivity contribution in [3.8, 4) is 0 Å². The summed E-state index contributed by atoms with van der Waals surface area (Å²) in [7, 11) is 0. The Kier molecular flexibility index (Phi) is 1.70. The highest BCUT2D eigenvalue weighted by molar-refractivity contribution is 6.07. The molecule has 1 heterocycles. The van der Waals surface area contributed by atoms with Crippen LogP contribution in [0.5, 0.6) is 0 Å². The topological polar surface area (TPSA) is 67.0 Å². The molecule has 1 N–H and O–H groups in total. The lowest BCUT2D eigenvalue weighted by molar-refractivity contribution is 1.37. The maximum absolute atomic E-state index is 12.4. The normalized spacial score (nSPS) is 11.8. The van der Waals surface area contributed by atoms with Gasteiger partial charge in [-0.05, 0) is 18.2 Å².